The average Bonchev–Trinajstić information content (AvgIpc) is 2.81. The summed E-state index contributed by atoms with van der Waals surface area (Å²) < 4.78 is 5.43. The highest BCUT2D eigenvalue weighted by atomic mass is 16.4. The second-order valence-electron chi connectivity index (χ2n) is 5.42. The van der Waals surface area contributed by atoms with E-state index in [0.29, 0.717) is 30.5 Å². The summed E-state index contributed by atoms with van der Waals surface area (Å²) >= 11 is 0. The summed E-state index contributed by atoms with van der Waals surface area (Å²) in [5, 5.41) is 0. The van der Waals surface area contributed by atoms with E-state index in [4.69, 9.17) is 10.2 Å². The van der Waals surface area contributed by atoms with Crippen molar-refractivity contribution < 1.29 is 9.21 Å². The van der Waals surface area contributed by atoms with E-state index in [2.05, 4.69) is 18.7 Å². The molecule has 0 fully saturated rings. The molecule has 108 valence electrons. The van der Waals surface area contributed by atoms with E-state index in [1.807, 2.05) is 19.0 Å². The Balaban J connectivity index is 2.74. The molecule has 1 amide bonds. The molecule has 0 atom stereocenters. The Morgan fingerprint density at radius 2 is 2.00 bits per heavy atom. The molecule has 0 aliphatic carbocycles. The first kappa shape index (κ1) is 15.7. The highest BCUT2D eigenvalue weighted by molar-refractivity contribution is 5.91. The topological polar surface area (TPSA) is 62.7 Å². The van der Waals surface area contributed by atoms with Gasteiger partial charge in [-0.25, -0.2) is 0 Å². The number of furan rings is 1. The van der Waals surface area contributed by atoms with Crippen molar-refractivity contribution in [3.8, 4) is 0 Å². The first-order valence-electron chi connectivity index (χ1n) is 6.66. The monoisotopic (exact) mass is 267 g/mol. The van der Waals surface area contributed by atoms with E-state index >= 15 is 0 Å². The van der Waals surface area contributed by atoms with Gasteiger partial charge in [-0.2, -0.15) is 0 Å². The number of carbonyl (C=O) groups is 1. The zero-order valence-corrected chi connectivity index (χ0v) is 12.3. The average molecular weight is 267 g/mol. The molecule has 1 rings (SSSR count). The van der Waals surface area contributed by atoms with Gasteiger partial charge in [-0.15, -0.1) is 0 Å². The van der Waals surface area contributed by atoms with Crippen LogP contribution in [0, 0.1) is 5.92 Å². The van der Waals surface area contributed by atoms with Crippen LogP contribution in [0.25, 0.3) is 0 Å². The number of rotatable bonds is 7. The predicted molar refractivity (Wildman–Crippen MR) is 75.9 cm³/mol. The predicted octanol–water partition coefficient (Wildman–Crippen LogP) is 1.40. The molecule has 0 bridgehead atoms. The quantitative estimate of drug-likeness (QED) is 0.811. The van der Waals surface area contributed by atoms with Crippen molar-refractivity contribution in [2.45, 2.75) is 20.4 Å². The zero-order valence-electron chi connectivity index (χ0n) is 12.3. The van der Waals surface area contributed by atoms with Gasteiger partial charge in [0.25, 0.3) is 5.91 Å². The number of carbonyl (C=O) groups excluding carboxylic acids is 1. The smallest absolute Gasteiger partial charge is 0.289 e. The summed E-state index contributed by atoms with van der Waals surface area (Å²) in [6, 6.07) is 3.46. The van der Waals surface area contributed by atoms with Crippen LogP contribution in [0.1, 0.15) is 30.2 Å². The Kier molecular flexibility index (Phi) is 6.05. The van der Waals surface area contributed by atoms with Crippen molar-refractivity contribution in [2.24, 2.45) is 11.7 Å². The highest BCUT2D eigenvalue weighted by Crippen LogP contribution is 2.12. The number of amides is 1. The van der Waals surface area contributed by atoms with Crippen molar-refractivity contribution in [1.29, 1.82) is 0 Å². The molecule has 1 aromatic rings. The van der Waals surface area contributed by atoms with Gasteiger partial charge in [0.05, 0.1) is 6.54 Å². The summed E-state index contributed by atoms with van der Waals surface area (Å²) in [6.45, 7) is 6.78. The minimum absolute atomic E-state index is 0.0600. The van der Waals surface area contributed by atoms with Crippen LogP contribution >= 0.6 is 0 Å². The number of nitrogens with two attached hydrogens (primary N) is 1. The molecule has 5 nitrogen and oxygen atoms in total. The number of likely N-dealkylation sites (N-methyl/N-ethyl adjacent to an activating group) is 1. The first-order valence-corrected chi connectivity index (χ1v) is 6.66. The second-order valence-corrected chi connectivity index (χ2v) is 5.42. The van der Waals surface area contributed by atoms with Gasteiger partial charge in [0.1, 0.15) is 5.76 Å². The van der Waals surface area contributed by atoms with Crippen LogP contribution in [0.2, 0.25) is 0 Å². The maximum absolute atomic E-state index is 12.4. The summed E-state index contributed by atoms with van der Waals surface area (Å²) in [5.41, 5.74) is 5.49. The van der Waals surface area contributed by atoms with Gasteiger partial charge in [0.15, 0.2) is 5.76 Å². The first-order chi connectivity index (χ1) is 8.93. The lowest BCUT2D eigenvalue weighted by Gasteiger charge is -2.25. The van der Waals surface area contributed by atoms with E-state index in [0.717, 1.165) is 13.1 Å². The molecule has 0 saturated heterocycles. The van der Waals surface area contributed by atoms with Gasteiger partial charge in [-0.05, 0) is 32.1 Å². The molecule has 0 spiro atoms. The molecular weight excluding hydrogens is 242 g/mol. The van der Waals surface area contributed by atoms with E-state index in [1.165, 1.54) is 0 Å². The Labute approximate surface area is 115 Å². The largest absolute Gasteiger partial charge is 0.455 e. The molecule has 19 heavy (non-hydrogen) atoms. The Morgan fingerprint density at radius 3 is 2.47 bits per heavy atom. The molecule has 2 N–H and O–H groups in total. The van der Waals surface area contributed by atoms with Crippen molar-refractivity contribution in [3.05, 3.63) is 23.7 Å². The molecule has 0 saturated carbocycles. The lowest BCUT2D eigenvalue weighted by Crippen LogP contribution is -2.38. The summed E-state index contributed by atoms with van der Waals surface area (Å²) in [6.07, 6.45) is 0. The van der Waals surface area contributed by atoms with E-state index in [-0.39, 0.29) is 5.91 Å². The van der Waals surface area contributed by atoms with Crippen LogP contribution < -0.4 is 5.73 Å². The van der Waals surface area contributed by atoms with Crippen molar-refractivity contribution >= 4 is 5.91 Å². The molecule has 0 radical (unpaired) electrons. The maximum Gasteiger partial charge on any atom is 0.289 e. The zero-order chi connectivity index (χ0) is 14.4. The number of hydrogen-bond acceptors (Lipinski definition) is 4. The lowest BCUT2D eigenvalue weighted by molar-refractivity contribution is 0.0691. The van der Waals surface area contributed by atoms with Crippen molar-refractivity contribution in [1.82, 2.24) is 9.80 Å². The second kappa shape index (κ2) is 7.31. The third-order valence-corrected chi connectivity index (χ3v) is 2.76. The van der Waals surface area contributed by atoms with Crippen LogP contribution in [0.4, 0.5) is 0 Å². The van der Waals surface area contributed by atoms with Crippen LogP contribution in [0.3, 0.4) is 0 Å². The molecule has 5 heteroatoms. The van der Waals surface area contributed by atoms with Gasteiger partial charge >= 0.3 is 0 Å². The van der Waals surface area contributed by atoms with Gasteiger partial charge < -0.3 is 20.0 Å². The molecule has 0 unspecified atom stereocenters. The Bertz CT molecular complexity index is 399. The third-order valence-electron chi connectivity index (χ3n) is 2.76. The lowest BCUT2D eigenvalue weighted by atomic mass is 10.2. The van der Waals surface area contributed by atoms with Crippen LogP contribution in [0.5, 0.6) is 0 Å². The molecule has 0 aliphatic heterocycles. The molecule has 0 aromatic carbocycles. The highest BCUT2D eigenvalue weighted by Gasteiger charge is 2.20. The fourth-order valence-electron chi connectivity index (χ4n) is 1.80. The SMILES string of the molecule is CC(C)CN(CCN(C)C)C(=O)c1ccc(CN)o1. The summed E-state index contributed by atoms with van der Waals surface area (Å²) in [4.78, 5) is 16.3. The molecule has 1 aromatic heterocycles. The number of hydrogen-bond donors (Lipinski definition) is 1. The van der Waals surface area contributed by atoms with Gasteiger partial charge in [-0.1, -0.05) is 13.8 Å². The van der Waals surface area contributed by atoms with Crippen LogP contribution in [-0.4, -0.2) is 49.4 Å². The minimum Gasteiger partial charge on any atom is -0.455 e. The maximum atomic E-state index is 12.4. The van der Waals surface area contributed by atoms with Gasteiger partial charge in [0.2, 0.25) is 0 Å². The van der Waals surface area contributed by atoms with Gasteiger partial charge in [-0.3, -0.25) is 4.79 Å². The minimum atomic E-state index is -0.0600. The standard InChI is InChI=1S/C14H25N3O2/c1-11(2)10-17(8-7-16(3)4)14(18)13-6-5-12(9-15)19-13/h5-6,11H,7-10,15H2,1-4H3. The summed E-state index contributed by atoms with van der Waals surface area (Å²) in [5.74, 6) is 1.38. The number of nitrogens with zero attached hydrogens (tertiary/aromatic N) is 2. The normalized spacial score (nSPS) is 11.3. The van der Waals surface area contributed by atoms with Gasteiger partial charge in [0, 0.05) is 19.6 Å². The van der Waals surface area contributed by atoms with E-state index in [9.17, 15) is 4.79 Å². The fourth-order valence-corrected chi connectivity index (χ4v) is 1.80. The van der Waals surface area contributed by atoms with E-state index in [1.54, 1.807) is 12.1 Å². The van der Waals surface area contributed by atoms with Crippen molar-refractivity contribution in [3.63, 3.8) is 0 Å². The molecule has 0 aliphatic rings. The van der Waals surface area contributed by atoms with Crippen molar-refractivity contribution in [2.75, 3.05) is 33.7 Å². The molecule has 1 heterocycles. The Hall–Kier alpha value is -1.33. The van der Waals surface area contributed by atoms with Crippen LogP contribution in [0.15, 0.2) is 16.5 Å². The fraction of sp³-hybridized carbons (Fsp3) is 0.643. The Morgan fingerprint density at radius 1 is 1.32 bits per heavy atom. The third kappa shape index (κ3) is 5.04. The van der Waals surface area contributed by atoms with E-state index < -0.39 is 0 Å². The van der Waals surface area contributed by atoms with Crippen LogP contribution in [-0.2, 0) is 6.54 Å². The molecular formula is C14H25N3O2. The summed E-state index contributed by atoms with van der Waals surface area (Å²) in [7, 11) is 3.99.